The van der Waals surface area contributed by atoms with Crippen LogP contribution in [0.5, 0.6) is 0 Å². The van der Waals surface area contributed by atoms with E-state index in [4.69, 9.17) is 0 Å². The number of halogens is 3. The molecule has 3 aromatic rings. The molecule has 0 aliphatic heterocycles. The molecule has 0 saturated heterocycles. The molecule has 0 aliphatic rings. The molecule has 1 aromatic carbocycles. The zero-order valence-corrected chi connectivity index (χ0v) is 17.4. The third kappa shape index (κ3) is 4.81. The lowest BCUT2D eigenvalue weighted by molar-refractivity contribution is -0.144. The van der Waals surface area contributed by atoms with Crippen molar-refractivity contribution in [1.29, 1.82) is 0 Å². The van der Waals surface area contributed by atoms with Gasteiger partial charge in [-0.1, -0.05) is 18.2 Å². The Morgan fingerprint density at radius 2 is 1.68 bits per heavy atom. The van der Waals surface area contributed by atoms with Crippen molar-refractivity contribution in [2.45, 2.75) is 40.3 Å². The number of para-hydroxylation sites is 1. The van der Waals surface area contributed by atoms with Crippen molar-refractivity contribution in [2.75, 3.05) is 11.9 Å². The van der Waals surface area contributed by atoms with E-state index < -0.39 is 17.9 Å². The molecule has 2 amide bonds. The number of nitrogens with one attached hydrogen (secondary N) is 2. The molecule has 0 spiro atoms. The number of benzene rings is 1. The Kier molecular flexibility index (Phi) is 5.96. The van der Waals surface area contributed by atoms with Gasteiger partial charge in [0.05, 0.1) is 13.0 Å². The second-order valence-corrected chi connectivity index (χ2v) is 7.17. The smallest absolute Gasteiger partial charge is 0.347 e. The van der Waals surface area contributed by atoms with E-state index in [9.17, 15) is 22.8 Å². The highest BCUT2D eigenvalue weighted by atomic mass is 19.4. The second-order valence-electron chi connectivity index (χ2n) is 7.17. The average Bonchev–Trinajstić information content (AvgIpc) is 3.11. The standard InChI is InChI=1S/C20H21F3N6O2/c1-10-6-5-7-11(2)17(10)26-16(31)9-24-15(30)8-14-12(3)25-19-27-18(20(21,22)23)28-29(19)13(14)4/h5-7H,8-9H2,1-4H3,(H,24,30)(H,26,31). The number of anilines is 1. The highest BCUT2D eigenvalue weighted by Crippen LogP contribution is 2.27. The van der Waals surface area contributed by atoms with Crippen LogP contribution in [0.1, 0.15) is 33.9 Å². The number of hydrogen-bond acceptors (Lipinski definition) is 5. The molecule has 2 aromatic heterocycles. The predicted octanol–water partition coefficient (Wildman–Crippen LogP) is 2.67. The lowest BCUT2D eigenvalue weighted by Gasteiger charge is -2.13. The molecule has 2 heterocycles. The Labute approximate surface area is 175 Å². The van der Waals surface area contributed by atoms with Crippen LogP contribution >= 0.6 is 0 Å². The van der Waals surface area contributed by atoms with Crippen LogP contribution in [0.25, 0.3) is 5.78 Å². The normalized spacial score (nSPS) is 11.6. The van der Waals surface area contributed by atoms with Crippen LogP contribution in [0, 0.1) is 27.7 Å². The maximum Gasteiger partial charge on any atom is 0.453 e. The Morgan fingerprint density at radius 3 is 2.29 bits per heavy atom. The largest absolute Gasteiger partial charge is 0.453 e. The van der Waals surface area contributed by atoms with Crippen molar-refractivity contribution in [3.63, 3.8) is 0 Å². The third-order valence-corrected chi connectivity index (χ3v) is 4.83. The predicted molar refractivity (Wildman–Crippen MR) is 107 cm³/mol. The molecule has 2 N–H and O–H groups in total. The summed E-state index contributed by atoms with van der Waals surface area (Å²) in [6.45, 7) is 6.59. The average molecular weight is 434 g/mol. The first kappa shape index (κ1) is 22.2. The highest BCUT2D eigenvalue weighted by Gasteiger charge is 2.37. The minimum Gasteiger partial charge on any atom is -0.347 e. The number of fused-ring (bicyclic) bond motifs is 1. The number of nitrogens with zero attached hydrogens (tertiary/aromatic N) is 4. The van der Waals surface area contributed by atoms with E-state index in [0.29, 0.717) is 22.6 Å². The number of alkyl halides is 3. The van der Waals surface area contributed by atoms with E-state index >= 15 is 0 Å². The topological polar surface area (TPSA) is 101 Å². The van der Waals surface area contributed by atoms with Crippen molar-refractivity contribution < 1.29 is 22.8 Å². The van der Waals surface area contributed by atoms with Crippen LogP contribution in [0.2, 0.25) is 0 Å². The summed E-state index contributed by atoms with van der Waals surface area (Å²) in [7, 11) is 0. The summed E-state index contributed by atoms with van der Waals surface area (Å²) >= 11 is 0. The fourth-order valence-corrected chi connectivity index (χ4v) is 3.18. The van der Waals surface area contributed by atoms with Gasteiger partial charge in [0.2, 0.25) is 11.8 Å². The summed E-state index contributed by atoms with van der Waals surface area (Å²) in [6.07, 6.45) is -4.87. The van der Waals surface area contributed by atoms with Crippen molar-refractivity contribution >= 4 is 23.3 Å². The van der Waals surface area contributed by atoms with Crippen LogP contribution in [-0.2, 0) is 22.2 Å². The molecular weight excluding hydrogens is 413 g/mol. The van der Waals surface area contributed by atoms with E-state index in [-0.39, 0.29) is 24.7 Å². The maximum atomic E-state index is 12.9. The van der Waals surface area contributed by atoms with E-state index in [0.717, 1.165) is 15.6 Å². The maximum absolute atomic E-state index is 12.9. The SMILES string of the molecule is Cc1cccc(C)c1NC(=O)CNC(=O)Cc1c(C)nc2nc(C(F)(F)F)nn2c1C. The number of carbonyl (C=O) groups is 2. The van der Waals surface area contributed by atoms with Crippen molar-refractivity contribution in [3.05, 3.63) is 52.1 Å². The van der Waals surface area contributed by atoms with Gasteiger partial charge in [0.15, 0.2) is 0 Å². The first-order valence-electron chi connectivity index (χ1n) is 9.40. The van der Waals surface area contributed by atoms with Gasteiger partial charge >= 0.3 is 6.18 Å². The van der Waals surface area contributed by atoms with Gasteiger partial charge in [0.25, 0.3) is 11.6 Å². The number of amides is 2. The van der Waals surface area contributed by atoms with Gasteiger partial charge in [-0.25, -0.2) is 9.50 Å². The molecule has 11 heteroatoms. The number of hydrogen-bond donors (Lipinski definition) is 2. The molecular formula is C20H21F3N6O2. The summed E-state index contributed by atoms with van der Waals surface area (Å²) < 4.78 is 39.6. The molecule has 0 unspecified atom stereocenters. The molecule has 0 bridgehead atoms. The van der Waals surface area contributed by atoms with Crippen LogP contribution in [0.15, 0.2) is 18.2 Å². The van der Waals surface area contributed by atoms with E-state index in [1.54, 1.807) is 6.92 Å². The fraction of sp³-hybridized carbons (Fsp3) is 0.350. The monoisotopic (exact) mass is 434 g/mol. The van der Waals surface area contributed by atoms with E-state index in [1.165, 1.54) is 6.92 Å². The molecule has 3 rings (SSSR count). The zero-order valence-electron chi connectivity index (χ0n) is 17.4. The van der Waals surface area contributed by atoms with Crippen LogP contribution in [-0.4, -0.2) is 37.9 Å². The lowest BCUT2D eigenvalue weighted by atomic mass is 10.1. The Morgan fingerprint density at radius 1 is 1.03 bits per heavy atom. The van der Waals surface area contributed by atoms with Crippen molar-refractivity contribution in [2.24, 2.45) is 0 Å². The molecule has 164 valence electrons. The number of aryl methyl sites for hydroxylation is 4. The van der Waals surface area contributed by atoms with Gasteiger partial charge in [0, 0.05) is 22.6 Å². The quantitative estimate of drug-likeness (QED) is 0.643. The molecule has 31 heavy (non-hydrogen) atoms. The van der Waals surface area contributed by atoms with Crippen LogP contribution in [0.3, 0.4) is 0 Å². The molecule has 0 atom stereocenters. The highest BCUT2D eigenvalue weighted by molar-refractivity contribution is 5.96. The summed E-state index contributed by atoms with van der Waals surface area (Å²) in [4.78, 5) is 32.0. The molecule has 0 aliphatic carbocycles. The fourth-order valence-electron chi connectivity index (χ4n) is 3.18. The Bertz CT molecular complexity index is 1150. The minimum absolute atomic E-state index is 0.168. The first-order valence-corrected chi connectivity index (χ1v) is 9.40. The summed E-state index contributed by atoms with van der Waals surface area (Å²) in [5.74, 6) is -2.36. The van der Waals surface area contributed by atoms with Gasteiger partial charge in [-0.3, -0.25) is 9.59 Å². The Balaban J connectivity index is 1.69. The minimum atomic E-state index is -4.70. The Hall–Kier alpha value is -3.50. The third-order valence-electron chi connectivity index (χ3n) is 4.83. The number of carbonyl (C=O) groups excluding carboxylic acids is 2. The van der Waals surface area contributed by atoms with Gasteiger partial charge in [-0.2, -0.15) is 18.2 Å². The van der Waals surface area contributed by atoms with Gasteiger partial charge in [-0.15, -0.1) is 5.10 Å². The van der Waals surface area contributed by atoms with Crippen molar-refractivity contribution in [3.8, 4) is 0 Å². The van der Waals surface area contributed by atoms with Gasteiger partial charge < -0.3 is 10.6 Å². The summed E-state index contributed by atoms with van der Waals surface area (Å²) in [5, 5.41) is 8.74. The summed E-state index contributed by atoms with van der Waals surface area (Å²) in [5.41, 5.74) is 3.59. The van der Waals surface area contributed by atoms with Gasteiger partial charge in [-0.05, 0) is 38.8 Å². The van der Waals surface area contributed by atoms with E-state index in [2.05, 4.69) is 25.7 Å². The molecule has 0 radical (unpaired) electrons. The number of rotatable bonds is 5. The lowest BCUT2D eigenvalue weighted by Crippen LogP contribution is -2.34. The van der Waals surface area contributed by atoms with Crippen LogP contribution < -0.4 is 10.6 Å². The zero-order chi connectivity index (χ0) is 22.9. The van der Waals surface area contributed by atoms with Crippen molar-refractivity contribution in [1.82, 2.24) is 24.9 Å². The second kappa shape index (κ2) is 8.32. The van der Waals surface area contributed by atoms with E-state index in [1.807, 2.05) is 32.0 Å². The van der Waals surface area contributed by atoms with Gasteiger partial charge in [0.1, 0.15) is 0 Å². The number of aromatic nitrogens is 4. The first-order chi connectivity index (χ1) is 14.5. The summed E-state index contributed by atoms with van der Waals surface area (Å²) in [6, 6.07) is 5.61. The molecule has 0 fully saturated rings. The van der Waals surface area contributed by atoms with Crippen LogP contribution in [0.4, 0.5) is 18.9 Å². The molecule has 8 nitrogen and oxygen atoms in total. The molecule has 0 saturated carbocycles.